The molecule has 2 aromatic carbocycles. The Morgan fingerprint density at radius 3 is 2.36 bits per heavy atom. The molecule has 0 atom stereocenters. The van der Waals surface area contributed by atoms with Crippen molar-refractivity contribution in [2.45, 2.75) is 23.8 Å². The molecule has 8 heteroatoms. The van der Waals surface area contributed by atoms with Crippen molar-refractivity contribution >= 4 is 44.8 Å². The molecule has 0 spiro atoms. The van der Waals surface area contributed by atoms with Crippen LogP contribution in [0, 0.1) is 0 Å². The molecule has 25 heavy (non-hydrogen) atoms. The fourth-order valence-corrected chi connectivity index (χ4v) is 4.14. The normalized spacial score (nSPS) is 14.6. The monoisotopic (exact) mass is 398 g/mol. The van der Waals surface area contributed by atoms with E-state index >= 15 is 0 Å². The minimum absolute atomic E-state index is 0.0814. The molecule has 1 aliphatic carbocycles. The smallest absolute Gasteiger partial charge is 0.255 e. The fraction of sp³-hybridized carbons (Fsp3) is 0.235. The highest BCUT2D eigenvalue weighted by Gasteiger charge is 2.34. The largest absolute Gasteiger partial charge is 0.321 e. The minimum Gasteiger partial charge on any atom is -0.321 e. The molecule has 1 saturated carbocycles. The van der Waals surface area contributed by atoms with Gasteiger partial charge in [0.05, 0.1) is 20.6 Å². The molecule has 0 heterocycles. The highest BCUT2D eigenvalue weighted by Crippen LogP contribution is 2.31. The van der Waals surface area contributed by atoms with E-state index in [1.165, 1.54) is 28.6 Å². The number of carbonyl (C=O) groups excluding carboxylic acids is 1. The molecule has 1 aliphatic rings. The quantitative estimate of drug-likeness (QED) is 0.826. The molecule has 0 unspecified atom stereocenters. The van der Waals surface area contributed by atoms with E-state index in [4.69, 9.17) is 23.2 Å². The van der Waals surface area contributed by atoms with E-state index in [1.54, 1.807) is 25.2 Å². The van der Waals surface area contributed by atoms with Gasteiger partial charge in [-0.1, -0.05) is 29.3 Å². The van der Waals surface area contributed by atoms with Gasteiger partial charge in [-0.05, 0) is 49.2 Å². The van der Waals surface area contributed by atoms with Crippen LogP contribution in [0.15, 0.2) is 47.4 Å². The average molecular weight is 399 g/mol. The summed E-state index contributed by atoms with van der Waals surface area (Å²) in [5.74, 6) is -0.399. The van der Waals surface area contributed by atoms with Crippen LogP contribution >= 0.6 is 23.2 Å². The van der Waals surface area contributed by atoms with E-state index in [1.807, 2.05) is 0 Å². The van der Waals surface area contributed by atoms with Crippen molar-refractivity contribution in [3.8, 4) is 0 Å². The van der Waals surface area contributed by atoms with Crippen molar-refractivity contribution in [2.75, 3.05) is 12.4 Å². The molecular weight excluding hydrogens is 383 g/mol. The van der Waals surface area contributed by atoms with Crippen LogP contribution in [0.25, 0.3) is 0 Å². The van der Waals surface area contributed by atoms with E-state index in [0.29, 0.717) is 16.3 Å². The Kier molecular flexibility index (Phi) is 5.06. The molecule has 1 amide bonds. The lowest BCUT2D eigenvalue weighted by atomic mass is 10.2. The fourth-order valence-electron chi connectivity index (χ4n) is 2.37. The Labute approximate surface area is 156 Å². The summed E-state index contributed by atoms with van der Waals surface area (Å²) < 4.78 is 26.3. The maximum absolute atomic E-state index is 12.5. The van der Waals surface area contributed by atoms with Gasteiger partial charge >= 0.3 is 0 Å². The van der Waals surface area contributed by atoms with Crippen molar-refractivity contribution in [1.82, 2.24) is 4.31 Å². The number of nitrogens with one attached hydrogen (secondary N) is 1. The van der Waals surface area contributed by atoms with Crippen LogP contribution in [0.4, 0.5) is 5.69 Å². The Balaban J connectivity index is 1.78. The van der Waals surface area contributed by atoms with Crippen LogP contribution in [0.3, 0.4) is 0 Å². The molecule has 0 saturated heterocycles. The number of anilines is 1. The molecule has 2 aromatic rings. The van der Waals surface area contributed by atoms with Crippen LogP contribution in [-0.2, 0) is 10.0 Å². The van der Waals surface area contributed by atoms with Gasteiger partial charge in [-0.15, -0.1) is 0 Å². The zero-order valence-electron chi connectivity index (χ0n) is 13.4. The zero-order valence-corrected chi connectivity index (χ0v) is 15.7. The zero-order chi connectivity index (χ0) is 18.2. The Bertz CT molecular complexity index is 910. The van der Waals surface area contributed by atoms with Gasteiger partial charge in [0.25, 0.3) is 5.91 Å². The topological polar surface area (TPSA) is 66.5 Å². The van der Waals surface area contributed by atoms with Crippen LogP contribution < -0.4 is 5.32 Å². The van der Waals surface area contributed by atoms with Crippen LogP contribution in [0.2, 0.25) is 10.0 Å². The third-order valence-electron chi connectivity index (χ3n) is 4.05. The van der Waals surface area contributed by atoms with Crippen LogP contribution in [0.5, 0.6) is 0 Å². The van der Waals surface area contributed by atoms with Gasteiger partial charge in [0, 0.05) is 18.7 Å². The second kappa shape index (κ2) is 6.96. The van der Waals surface area contributed by atoms with Crippen LogP contribution in [-0.4, -0.2) is 31.7 Å². The first-order valence-corrected chi connectivity index (χ1v) is 9.84. The Morgan fingerprint density at radius 1 is 1.12 bits per heavy atom. The maximum atomic E-state index is 12.5. The Morgan fingerprint density at radius 2 is 1.76 bits per heavy atom. The predicted octanol–water partition coefficient (Wildman–Crippen LogP) is 4.03. The molecule has 3 rings (SSSR count). The number of rotatable bonds is 5. The highest BCUT2D eigenvalue weighted by molar-refractivity contribution is 7.89. The summed E-state index contributed by atoms with van der Waals surface area (Å²) in [7, 11) is -1.95. The number of benzene rings is 2. The standard InChI is InChI=1S/C17H16Cl2N2O3S/c1-21(12-7-8-12)25(23,24)13-9-5-11(6-10-13)17(22)20-15-4-2-3-14(18)16(15)19/h2-6,9-10,12H,7-8H2,1H3,(H,20,22). The number of carbonyl (C=O) groups is 1. The van der Waals surface area contributed by atoms with E-state index in [-0.39, 0.29) is 16.0 Å². The lowest BCUT2D eigenvalue weighted by Gasteiger charge is -2.16. The molecule has 0 aliphatic heterocycles. The third-order valence-corrected chi connectivity index (χ3v) is 6.80. The summed E-state index contributed by atoms with van der Waals surface area (Å²) in [5, 5.41) is 3.25. The number of nitrogens with zero attached hydrogens (tertiary/aromatic N) is 1. The number of hydrogen-bond acceptors (Lipinski definition) is 3. The summed E-state index contributed by atoms with van der Waals surface area (Å²) in [5.41, 5.74) is 0.716. The SMILES string of the molecule is CN(C1CC1)S(=O)(=O)c1ccc(C(=O)Nc2cccc(Cl)c2Cl)cc1. The Hall–Kier alpha value is -1.60. The molecule has 1 fully saturated rings. The van der Waals surface area contributed by atoms with E-state index in [0.717, 1.165) is 12.8 Å². The average Bonchev–Trinajstić information content (AvgIpc) is 3.43. The van der Waals surface area contributed by atoms with E-state index in [2.05, 4.69) is 5.32 Å². The summed E-state index contributed by atoms with van der Waals surface area (Å²) in [6.45, 7) is 0. The van der Waals surface area contributed by atoms with Gasteiger partial charge < -0.3 is 5.32 Å². The molecule has 1 N–H and O–H groups in total. The third kappa shape index (κ3) is 3.82. The number of halogens is 2. The summed E-state index contributed by atoms with van der Waals surface area (Å²) in [6, 6.07) is 10.8. The summed E-state index contributed by atoms with van der Waals surface area (Å²) in [4.78, 5) is 12.5. The van der Waals surface area contributed by atoms with E-state index < -0.39 is 15.9 Å². The summed E-state index contributed by atoms with van der Waals surface area (Å²) >= 11 is 12.0. The number of sulfonamides is 1. The van der Waals surface area contributed by atoms with Gasteiger partial charge in [-0.2, -0.15) is 4.31 Å². The first kappa shape index (κ1) is 18.2. The molecule has 0 aromatic heterocycles. The maximum Gasteiger partial charge on any atom is 0.255 e. The van der Waals surface area contributed by atoms with Crippen molar-refractivity contribution in [1.29, 1.82) is 0 Å². The van der Waals surface area contributed by atoms with Crippen molar-refractivity contribution in [2.24, 2.45) is 0 Å². The molecule has 0 radical (unpaired) electrons. The summed E-state index contributed by atoms with van der Waals surface area (Å²) in [6.07, 6.45) is 1.77. The molecule has 0 bridgehead atoms. The van der Waals surface area contributed by atoms with Gasteiger partial charge in [-0.3, -0.25) is 4.79 Å². The van der Waals surface area contributed by atoms with Gasteiger partial charge in [0.15, 0.2) is 0 Å². The number of hydrogen-bond donors (Lipinski definition) is 1. The van der Waals surface area contributed by atoms with E-state index in [9.17, 15) is 13.2 Å². The number of amides is 1. The lowest BCUT2D eigenvalue weighted by Crippen LogP contribution is -2.29. The first-order valence-electron chi connectivity index (χ1n) is 7.64. The minimum atomic E-state index is -3.53. The van der Waals surface area contributed by atoms with Crippen molar-refractivity contribution in [3.63, 3.8) is 0 Å². The van der Waals surface area contributed by atoms with Crippen LogP contribution in [0.1, 0.15) is 23.2 Å². The predicted molar refractivity (Wildman–Crippen MR) is 98.8 cm³/mol. The highest BCUT2D eigenvalue weighted by atomic mass is 35.5. The second-order valence-corrected chi connectivity index (χ2v) is 8.61. The first-order chi connectivity index (χ1) is 11.8. The van der Waals surface area contributed by atoms with Crippen molar-refractivity contribution < 1.29 is 13.2 Å². The van der Waals surface area contributed by atoms with Gasteiger partial charge in [0.1, 0.15) is 0 Å². The van der Waals surface area contributed by atoms with Gasteiger partial charge in [-0.25, -0.2) is 8.42 Å². The van der Waals surface area contributed by atoms with Gasteiger partial charge in [0.2, 0.25) is 10.0 Å². The molecule has 5 nitrogen and oxygen atoms in total. The second-order valence-electron chi connectivity index (χ2n) is 5.83. The van der Waals surface area contributed by atoms with Crippen molar-refractivity contribution in [3.05, 3.63) is 58.1 Å². The molecular formula is C17H16Cl2N2O3S. The molecule has 132 valence electrons. The lowest BCUT2D eigenvalue weighted by molar-refractivity contribution is 0.102.